The number of thiazole rings is 1. The number of aryl methyl sites for hydroxylation is 1. The summed E-state index contributed by atoms with van der Waals surface area (Å²) in [5.74, 6) is 0.729. The Hall–Kier alpha value is -2.55. The number of nitrogens with zero attached hydrogens (tertiary/aromatic N) is 3. The summed E-state index contributed by atoms with van der Waals surface area (Å²) < 4.78 is 0.840. The van der Waals surface area contributed by atoms with Gasteiger partial charge in [-0.15, -0.1) is 21.5 Å². The molecule has 1 N–H and O–H groups in total. The second kappa shape index (κ2) is 9.30. The number of carbonyl (C=O) groups excluding carboxylic acids is 1. The van der Waals surface area contributed by atoms with Gasteiger partial charge in [-0.2, -0.15) is 0 Å². The summed E-state index contributed by atoms with van der Waals surface area (Å²) in [6.45, 7) is 1.99. The number of aromatic nitrogens is 3. The lowest BCUT2D eigenvalue weighted by atomic mass is 10.1. The monoisotopic (exact) mass is 438 g/mol. The number of hydrogen-bond donors (Lipinski definition) is 1. The third kappa shape index (κ3) is 5.50. The number of thioether (sulfide) groups is 1. The van der Waals surface area contributed by atoms with Gasteiger partial charge < -0.3 is 5.32 Å². The Bertz CT molecular complexity index is 1090. The van der Waals surface area contributed by atoms with Gasteiger partial charge in [-0.3, -0.25) is 4.79 Å². The summed E-state index contributed by atoms with van der Waals surface area (Å²) in [5, 5.41) is 14.7. The normalized spacial score (nSPS) is 10.8. The molecular formula is C21H18N4OS3. The highest BCUT2D eigenvalue weighted by Gasteiger charge is 2.10. The molecule has 0 aliphatic rings. The van der Waals surface area contributed by atoms with Crippen molar-refractivity contribution in [1.82, 2.24) is 15.2 Å². The van der Waals surface area contributed by atoms with E-state index >= 15 is 0 Å². The molecule has 0 aliphatic carbocycles. The van der Waals surface area contributed by atoms with E-state index in [-0.39, 0.29) is 5.91 Å². The molecular weight excluding hydrogens is 420 g/mol. The highest BCUT2D eigenvalue weighted by molar-refractivity contribution is 8.00. The molecule has 0 unspecified atom stereocenters. The minimum atomic E-state index is -0.0991. The molecule has 0 saturated heterocycles. The Labute approximate surface area is 181 Å². The van der Waals surface area contributed by atoms with Gasteiger partial charge >= 0.3 is 0 Å². The second-order valence-corrected chi connectivity index (χ2v) is 9.58. The number of hydrogen-bond acceptors (Lipinski definition) is 7. The average Bonchev–Trinajstić information content (AvgIpc) is 3.36. The summed E-state index contributed by atoms with van der Waals surface area (Å²) in [6, 6.07) is 18.1. The molecule has 8 heteroatoms. The zero-order valence-electron chi connectivity index (χ0n) is 15.7. The van der Waals surface area contributed by atoms with E-state index in [1.54, 1.807) is 23.1 Å². The molecule has 2 aromatic heterocycles. The molecule has 0 spiro atoms. The molecule has 5 nitrogen and oxygen atoms in total. The zero-order valence-corrected chi connectivity index (χ0v) is 18.1. The van der Waals surface area contributed by atoms with Crippen LogP contribution in [-0.2, 0) is 17.0 Å². The average molecular weight is 439 g/mol. The first-order valence-corrected chi connectivity index (χ1v) is 11.7. The maximum Gasteiger partial charge on any atom is 0.230 e. The van der Waals surface area contributed by atoms with Crippen molar-refractivity contribution in [2.24, 2.45) is 0 Å². The first-order valence-electron chi connectivity index (χ1n) is 8.97. The SMILES string of the molecule is Cc1nc(-c2ccc(CC(=O)Nc3nnc(SCc4ccccc4)s3)cc2)cs1. The van der Waals surface area contributed by atoms with E-state index in [0.717, 1.165) is 31.9 Å². The Morgan fingerprint density at radius 3 is 2.55 bits per heavy atom. The standard InChI is InChI=1S/C21H18N4OS3/c1-14-22-18(13-27-14)17-9-7-15(8-10-17)11-19(26)23-20-24-25-21(29-20)28-12-16-5-3-2-4-6-16/h2-10,13H,11-12H2,1H3,(H,23,24,26). The lowest BCUT2D eigenvalue weighted by Crippen LogP contribution is -2.14. The Balaban J connectivity index is 1.30. The Morgan fingerprint density at radius 1 is 1.03 bits per heavy atom. The van der Waals surface area contributed by atoms with Crippen molar-refractivity contribution in [2.75, 3.05) is 5.32 Å². The van der Waals surface area contributed by atoms with Gasteiger partial charge in [0.15, 0.2) is 4.34 Å². The molecule has 146 valence electrons. The minimum absolute atomic E-state index is 0.0991. The van der Waals surface area contributed by atoms with E-state index in [2.05, 4.69) is 32.6 Å². The van der Waals surface area contributed by atoms with E-state index in [9.17, 15) is 4.79 Å². The van der Waals surface area contributed by atoms with Gasteiger partial charge in [-0.25, -0.2) is 4.98 Å². The molecule has 2 aromatic carbocycles. The van der Waals surface area contributed by atoms with E-state index in [4.69, 9.17) is 0 Å². The van der Waals surface area contributed by atoms with Crippen LogP contribution in [0.1, 0.15) is 16.1 Å². The van der Waals surface area contributed by atoms with E-state index < -0.39 is 0 Å². The molecule has 0 radical (unpaired) electrons. The number of amides is 1. The third-order valence-electron chi connectivity index (χ3n) is 4.09. The maximum atomic E-state index is 12.3. The Kier molecular flexibility index (Phi) is 6.33. The van der Waals surface area contributed by atoms with E-state index in [1.165, 1.54) is 16.9 Å². The van der Waals surface area contributed by atoms with Crippen LogP contribution < -0.4 is 5.32 Å². The van der Waals surface area contributed by atoms with Crippen molar-refractivity contribution < 1.29 is 4.79 Å². The fourth-order valence-corrected chi connectivity index (χ4v) is 5.02. The van der Waals surface area contributed by atoms with Crippen molar-refractivity contribution in [3.05, 3.63) is 76.1 Å². The largest absolute Gasteiger partial charge is 0.300 e. The molecule has 0 fully saturated rings. The lowest BCUT2D eigenvalue weighted by Gasteiger charge is -2.03. The number of benzene rings is 2. The summed E-state index contributed by atoms with van der Waals surface area (Å²) in [4.78, 5) is 16.8. The van der Waals surface area contributed by atoms with Gasteiger partial charge in [-0.05, 0) is 18.1 Å². The predicted molar refractivity (Wildman–Crippen MR) is 121 cm³/mol. The quantitative estimate of drug-likeness (QED) is 0.307. The van der Waals surface area contributed by atoms with Crippen molar-refractivity contribution in [2.45, 2.75) is 23.4 Å². The summed E-state index contributed by atoms with van der Waals surface area (Å²) in [6.07, 6.45) is 0.294. The van der Waals surface area contributed by atoms with Crippen LogP contribution in [0.3, 0.4) is 0 Å². The summed E-state index contributed by atoms with van der Waals surface area (Å²) >= 11 is 4.64. The van der Waals surface area contributed by atoms with Gasteiger partial charge in [0, 0.05) is 16.7 Å². The smallest absolute Gasteiger partial charge is 0.230 e. The Morgan fingerprint density at radius 2 is 1.83 bits per heavy atom. The van der Waals surface area contributed by atoms with Crippen molar-refractivity contribution in [3.63, 3.8) is 0 Å². The van der Waals surface area contributed by atoms with Crippen LogP contribution in [0, 0.1) is 6.92 Å². The van der Waals surface area contributed by atoms with Crippen molar-refractivity contribution in [3.8, 4) is 11.3 Å². The molecule has 0 bridgehead atoms. The number of anilines is 1. The van der Waals surface area contributed by atoms with Crippen molar-refractivity contribution in [1.29, 1.82) is 0 Å². The second-order valence-electron chi connectivity index (χ2n) is 6.32. The van der Waals surface area contributed by atoms with Crippen LogP contribution >= 0.6 is 34.4 Å². The van der Waals surface area contributed by atoms with Crippen LogP contribution in [0.2, 0.25) is 0 Å². The lowest BCUT2D eigenvalue weighted by molar-refractivity contribution is -0.115. The number of rotatable bonds is 7. The van der Waals surface area contributed by atoms with Gasteiger partial charge in [0.05, 0.1) is 17.1 Å². The van der Waals surface area contributed by atoms with Gasteiger partial charge in [0.1, 0.15) is 0 Å². The molecule has 0 aliphatic heterocycles. The summed E-state index contributed by atoms with van der Waals surface area (Å²) in [7, 11) is 0. The minimum Gasteiger partial charge on any atom is -0.300 e. The topological polar surface area (TPSA) is 67.8 Å². The van der Waals surface area contributed by atoms with Crippen molar-refractivity contribution >= 4 is 45.5 Å². The summed E-state index contributed by atoms with van der Waals surface area (Å²) in [5.41, 5.74) is 4.21. The maximum absolute atomic E-state index is 12.3. The first-order chi connectivity index (χ1) is 14.2. The van der Waals surface area contributed by atoms with Crippen LogP contribution in [0.15, 0.2) is 64.3 Å². The number of nitrogens with one attached hydrogen (secondary N) is 1. The molecule has 2 heterocycles. The van der Waals surface area contributed by atoms with Crippen LogP contribution in [-0.4, -0.2) is 21.1 Å². The molecule has 4 rings (SSSR count). The first kappa shape index (κ1) is 19.8. The molecule has 0 saturated carbocycles. The molecule has 1 amide bonds. The molecule has 29 heavy (non-hydrogen) atoms. The van der Waals surface area contributed by atoms with Gasteiger partial charge in [0.2, 0.25) is 11.0 Å². The van der Waals surface area contributed by atoms with Gasteiger partial charge in [0.25, 0.3) is 0 Å². The van der Waals surface area contributed by atoms with Crippen LogP contribution in [0.4, 0.5) is 5.13 Å². The van der Waals surface area contributed by atoms with E-state index in [1.807, 2.05) is 54.8 Å². The fourth-order valence-electron chi connectivity index (χ4n) is 2.68. The predicted octanol–water partition coefficient (Wildman–Crippen LogP) is 5.44. The van der Waals surface area contributed by atoms with E-state index in [0.29, 0.717) is 11.6 Å². The highest BCUT2D eigenvalue weighted by atomic mass is 32.2. The van der Waals surface area contributed by atoms with Crippen LogP contribution in [0.25, 0.3) is 11.3 Å². The number of carbonyl (C=O) groups is 1. The van der Waals surface area contributed by atoms with Crippen LogP contribution in [0.5, 0.6) is 0 Å². The molecule has 0 atom stereocenters. The zero-order chi connectivity index (χ0) is 20.1. The highest BCUT2D eigenvalue weighted by Crippen LogP contribution is 2.28. The van der Waals surface area contributed by atoms with Gasteiger partial charge in [-0.1, -0.05) is 77.7 Å². The fraction of sp³-hybridized carbons (Fsp3) is 0.143. The molecule has 4 aromatic rings. The third-order valence-corrected chi connectivity index (χ3v) is 6.91.